The third kappa shape index (κ3) is 3.55. The maximum Gasteiger partial charge on any atom is 0.416 e. The van der Waals surface area contributed by atoms with Gasteiger partial charge >= 0.3 is 11.9 Å². The van der Waals surface area contributed by atoms with Crippen LogP contribution in [-0.2, 0) is 12.7 Å². The number of hydrogen-bond donors (Lipinski definition) is 1. The molecule has 1 heterocycles. The molecule has 0 amide bonds. The van der Waals surface area contributed by atoms with Crippen LogP contribution in [0, 0.1) is 0 Å². The molecule has 4 aromatic rings. The average molecular weight is 403 g/mol. The standard InChI is InChI=1S/C21H14ClF3N2O/c22-17-7-4-13(5-8-17)12-27-19-9-6-15(11-18(19)26-20(27)28)14-2-1-3-16(10-14)21(23,24)25/h1-11H,12H2,(H,26,28). The minimum atomic E-state index is -4.41. The number of halogens is 4. The first-order valence-electron chi connectivity index (χ1n) is 8.46. The normalized spacial score (nSPS) is 11.9. The first kappa shape index (κ1) is 18.4. The van der Waals surface area contributed by atoms with E-state index in [0.29, 0.717) is 33.7 Å². The van der Waals surface area contributed by atoms with Crippen molar-refractivity contribution >= 4 is 22.6 Å². The van der Waals surface area contributed by atoms with Crippen molar-refractivity contribution in [3.05, 3.63) is 93.4 Å². The second kappa shape index (κ2) is 6.87. The molecule has 7 heteroatoms. The largest absolute Gasteiger partial charge is 0.416 e. The zero-order valence-electron chi connectivity index (χ0n) is 14.4. The van der Waals surface area contributed by atoms with Crippen molar-refractivity contribution in [1.29, 1.82) is 0 Å². The molecule has 0 atom stereocenters. The van der Waals surface area contributed by atoms with Gasteiger partial charge in [-0.25, -0.2) is 4.79 Å². The van der Waals surface area contributed by atoms with Gasteiger partial charge in [-0.1, -0.05) is 41.9 Å². The van der Waals surface area contributed by atoms with Gasteiger partial charge in [0.25, 0.3) is 0 Å². The summed E-state index contributed by atoms with van der Waals surface area (Å²) >= 11 is 5.89. The lowest BCUT2D eigenvalue weighted by molar-refractivity contribution is -0.137. The summed E-state index contributed by atoms with van der Waals surface area (Å²) in [7, 11) is 0. The molecule has 0 aliphatic heterocycles. The quantitative estimate of drug-likeness (QED) is 0.467. The monoisotopic (exact) mass is 402 g/mol. The summed E-state index contributed by atoms with van der Waals surface area (Å²) in [5.74, 6) is 0. The number of aromatic nitrogens is 2. The molecule has 0 radical (unpaired) electrons. The van der Waals surface area contributed by atoms with Crippen molar-refractivity contribution in [2.24, 2.45) is 0 Å². The smallest absolute Gasteiger partial charge is 0.306 e. The van der Waals surface area contributed by atoms with Crippen molar-refractivity contribution in [1.82, 2.24) is 9.55 Å². The molecule has 3 nitrogen and oxygen atoms in total. The lowest BCUT2D eigenvalue weighted by Crippen LogP contribution is -2.17. The molecule has 0 saturated heterocycles. The third-order valence-electron chi connectivity index (χ3n) is 4.55. The van der Waals surface area contributed by atoms with Gasteiger partial charge in [0.15, 0.2) is 0 Å². The van der Waals surface area contributed by atoms with E-state index in [9.17, 15) is 18.0 Å². The third-order valence-corrected chi connectivity index (χ3v) is 4.80. The van der Waals surface area contributed by atoms with Crippen LogP contribution in [0.2, 0.25) is 5.02 Å². The molecule has 0 unspecified atom stereocenters. The highest BCUT2D eigenvalue weighted by atomic mass is 35.5. The minimum Gasteiger partial charge on any atom is -0.306 e. The predicted molar refractivity (Wildman–Crippen MR) is 104 cm³/mol. The van der Waals surface area contributed by atoms with Crippen LogP contribution in [0.1, 0.15) is 11.1 Å². The molecule has 0 aliphatic carbocycles. The first-order valence-corrected chi connectivity index (χ1v) is 8.84. The van der Waals surface area contributed by atoms with E-state index in [-0.39, 0.29) is 5.69 Å². The van der Waals surface area contributed by atoms with Crippen molar-refractivity contribution in [2.45, 2.75) is 12.7 Å². The van der Waals surface area contributed by atoms with Crippen LogP contribution in [0.3, 0.4) is 0 Å². The summed E-state index contributed by atoms with van der Waals surface area (Å²) in [6.45, 7) is 0.360. The molecule has 0 saturated carbocycles. The Morgan fingerprint density at radius 2 is 1.64 bits per heavy atom. The van der Waals surface area contributed by atoms with Gasteiger partial charge in [-0.3, -0.25) is 4.57 Å². The minimum absolute atomic E-state index is 0.286. The van der Waals surface area contributed by atoms with Crippen molar-refractivity contribution in [3.63, 3.8) is 0 Å². The fourth-order valence-corrected chi connectivity index (χ4v) is 3.27. The number of fused-ring (bicyclic) bond motifs is 1. The summed E-state index contributed by atoms with van der Waals surface area (Å²) in [4.78, 5) is 15.1. The van der Waals surface area contributed by atoms with Crippen LogP contribution in [0.25, 0.3) is 22.2 Å². The Kier molecular flexibility index (Phi) is 4.51. The van der Waals surface area contributed by atoms with Crippen molar-refractivity contribution < 1.29 is 13.2 Å². The zero-order chi connectivity index (χ0) is 19.9. The van der Waals surface area contributed by atoms with Gasteiger partial charge in [0.05, 0.1) is 23.1 Å². The maximum absolute atomic E-state index is 13.0. The molecular weight excluding hydrogens is 389 g/mol. The molecule has 0 aliphatic rings. The summed E-state index contributed by atoms with van der Waals surface area (Å²) in [6.07, 6.45) is -4.41. The molecular formula is C21H14ClF3N2O. The molecule has 1 aromatic heterocycles. The highest BCUT2D eigenvalue weighted by molar-refractivity contribution is 6.30. The predicted octanol–water partition coefficient (Wildman–Crippen LogP) is 5.72. The highest BCUT2D eigenvalue weighted by Gasteiger charge is 2.30. The second-order valence-electron chi connectivity index (χ2n) is 6.45. The number of nitrogens with one attached hydrogen (secondary N) is 1. The van der Waals surface area contributed by atoms with E-state index in [1.807, 2.05) is 12.1 Å². The second-order valence-corrected chi connectivity index (χ2v) is 6.89. The van der Waals surface area contributed by atoms with Gasteiger partial charge in [0, 0.05) is 5.02 Å². The van der Waals surface area contributed by atoms with Crippen LogP contribution in [0.5, 0.6) is 0 Å². The number of imidazole rings is 1. The molecule has 0 fully saturated rings. The molecule has 142 valence electrons. The van der Waals surface area contributed by atoms with Crippen LogP contribution >= 0.6 is 11.6 Å². The maximum atomic E-state index is 13.0. The molecule has 0 bridgehead atoms. The summed E-state index contributed by atoms with van der Waals surface area (Å²) in [6, 6.07) is 17.4. The number of rotatable bonds is 3. The highest BCUT2D eigenvalue weighted by Crippen LogP contribution is 2.32. The Morgan fingerprint density at radius 3 is 2.36 bits per heavy atom. The van der Waals surface area contributed by atoms with Gasteiger partial charge in [0.1, 0.15) is 0 Å². The Labute approximate surface area is 163 Å². The number of aromatic amines is 1. The van der Waals surface area contributed by atoms with E-state index in [1.165, 1.54) is 6.07 Å². The number of alkyl halides is 3. The van der Waals surface area contributed by atoms with Gasteiger partial charge in [-0.15, -0.1) is 0 Å². The van der Waals surface area contributed by atoms with Crippen LogP contribution in [0.15, 0.2) is 71.5 Å². The number of nitrogens with zero attached hydrogens (tertiary/aromatic N) is 1. The lowest BCUT2D eigenvalue weighted by atomic mass is 10.0. The first-order chi connectivity index (χ1) is 13.3. The molecule has 1 N–H and O–H groups in total. The van der Waals surface area contributed by atoms with E-state index in [0.717, 1.165) is 17.7 Å². The van der Waals surface area contributed by atoms with Gasteiger partial charge in [-0.2, -0.15) is 13.2 Å². The Morgan fingerprint density at radius 1 is 0.929 bits per heavy atom. The Bertz CT molecular complexity index is 1210. The molecule has 4 rings (SSSR count). The van der Waals surface area contributed by atoms with Crippen molar-refractivity contribution in [2.75, 3.05) is 0 Å². The Balaban J connectivity index is 1.73. The van der Waals surface area contributed by atoms with Crippen LogP contribution in [-0.4, -0.2) is 9.55 Å². The SMILES string of the molecule is O=c1[nH]c2cc(-c3cccc(C(F)(F)F)c3)ccc2n1Cc1ccc(Cl)cc1. The van der Waals surface area contributed by atoms with E-state index in [2.05, 4.69) is 4.98 Å². The molecule has 3 aromatic carbocycles. The van der Waals surface area contributed by atoms with E-state index < -0.39 is 11.7 Å². The Hall–Kier alpha value is -2.99. The summed E-state index contributed by atoms with van der Waals surface area (Å²) in [5.41, 5.74) is 2.19. The lowest BCUT2D eigenvalue weighted by Gasteiger charge is -2.09. The number of benzene rings is 3. The van der Waals surface area contributed by atoms with E-state index in [1.54, 1.807) is 41.0 Å². The van der Waals surface area contributed by atoms with E-state index >= 15 is 0 Å². The van der Waals surface area contributed by atoms with E-state index in [4.69, 9.17) is 11.6 Å². The number of H-pyrrole nitrogens is 1. The average Bonchev–Trinajstić information content (AvgIpc) is 2.97. The summed E-state index contributed by atoms with van der Waals surface area (Å²) < 4.78 is 40.5. The van der Waals surface area contributed by atoms with Crippen LogP contribution < -0.4 is 5.69 Å². The molecule has 28 heavy (non-hydrogen) atoms. The zero-order valence-corrected chi connectivity index (χ0v) is 15.2. The fourth-order valence-electron chi connectivity index (χ4n) is 3.15. The topological polar surface area (TPSA) is 37.8 Å². The van der Waals surface area contributed by atoms with Crippen molar-refractivity contribution in [3.8, 4) is 11.1 Å². The number of hydrogen-bond acceptors (Lipinski definition) is 1. The fraction of sp³-hybridized carbons (Fsp3) is 0.0952. The molecule has 0 spiro atoms. The van der Waals surface area contributed by atoms with Gasteiger partial charge < -0.3 is 4.98 Å². The van der Waals surface area contributed by atoms with Gasteiger partial charge in [0.2, 0.25) is 0 Å². The summed E-state index contributed by atoms with van der Waals surface area (Å²) in [5, 5.41) is 0.612. The van der Waals surface area contributed by atoms with Gasteiger partial charge in [-0.05, 0) is 53.1 Å². The van der Waals surface area contributed by atoms with Crippen LogP contribution in [0.4, 0.5) is 13.2 Å².